The number of imide groups is 1. The van der Waals surface area contributed by atoms with Gasteiger partial charge >= 0.3 is 12.0 Å². The molecule has 2 aromatic carbocycles. The van der Waals surface area contributed by atoms with Gasteiger partial charge in [-0.05, 0) is 49.9 Å². The van der Waals surface area contributed by atoms with E-state index in [1.165, 1.54) is 0 Å². The molecule has 0 bridgehead atoms. The molecule has 0 radical (unpaired) electrons. The van der Waals surface area contributed by atoms with Crippen molar-refractivity contribution in [3.63, 3.8) is 0 Å². The quantitative estimate of drug-likeness (QED) is 0.639. The Morgan fingerprint density at radius 3 is 2.32 bits per heavy atom. The molecule has 1 saturated heterocycles. The molecule has 1 aliphatic heterocycles. The molecule has 3 rings (SSSR count). The molecular weight excluding hydrogens is 356 g/mol. The molecule has 146 valence electrons. The van der Waals surface area contributed by atoms with Gasteiger partial charge in [-0.15, -0.1) is 0 Å². The highest BCUT2D eigenvalue weighted by molar-refractivity contribution is 6.11. The molecule has 6 nitrogen and oxygen atoms in total. The molecular formula is C22H24N2O4. The summed E-state index contributed by atoms with van der Waals surface area (Å²) in [7, 11) is 0. The van der Waals surface area contributed by atoms with E-state index in [1.807, 2.05) is 50.2 Å². The van der Waals surface area contributed by atoms with E-state index in [4.69, 9.17) is 4.74 Å². The zero-order valence-electron chi connectivity index (χ0n) is 16.5. The molecule has 1 heterocycles. The number of nitrogens with zero attached hydrogens (tertiary/aromatic N) is 1. The largest absolute Gasteiger partial charge is 0.462 e. The minimum Gasteiger partial charge on any atom is -0.462 e. The normalized spacial score (nSPS) is 19.1. The summed E-state index contributed by atoms with van der Waals surface area (Å²) >= 11 is 0. The molecule has 1 aliphatic rings. The number of nitrogens with one attached hydrogen (secondary N) is 1. The number of ether oxygens (including phenoxy) is 1. The lowest BCUT2D eigenvalue weighted by Gasteiger charge is -2.28. The molecule has 3 amide bonds. The van der Waals surface area contributed by atoms with Crippen LogP contribution in [0.4, 0.5) is 4.79 Å². The Morgan fingerprint density at radius 2 is 1.71 bits per heavy atom. The van der Waals surface area contributed by atoms with Gasteiger partial charge in [-0.3, -0.25) is 14.5 Å². The maximum Gasteiger partial charge on any atom is 0.326 e. The Kier molecular flexibility index (Phi) is 5.23. The van der Waals surface area contributed by atoms with Crippen molar-refractivity contribution in [1.29, 1.82) is 0 Å². The number of rotatable bonds is 5. The van der Waals surface area contributed by atoms with Crippen LogP contribution in [0.5, 0.6) is 0 Å². The van der Waals surface area contributed by atoms with Gasteiger partial charge in [0.15, 0.2) is 5.54 Å². The highest BCUT2D eigenvalue weighted by Crippen LogP contribution is 2.36. The van der Waals surface area contributed by atoms with E-state index >= 15 is 0 Å². The highest BCUT2D eigenvalue weighted by atomic mass is 16.5. The molecule has 0 saturated carbocycles. The maximum absolute atomic E-state index is 13.5. The molecule has 28 heavy (non-hydrogen) atoms. The van der Waals surface area contributed by atoms with Gasteiger partial charge in [0.25, 0.3) is 5.91 Å². The molecule has 2 aromatic rings. The van der Waals surface area contributed by atoms with E-state index in [0.29, 0.717) is 11.1 Å². The van der Waals surface area contributed by atoms with Gasteiger partial charge in [0, 0.05) is 0 Å². The second kappa shape index (κ2) is 7.46. The third-order valence-electron chi connectivity index (χ3n) is 4.91. The van der Waals surface area contributed by atoms with Crippen molar-refractivity contribution in [3.8, 4) is 0 Å². The van der Waals surface area contributed by atoms with Gasteiger partial charge in [-0.2, -0.15) is 0 Å². The maximum atomic E-state index is 13.5. The number of benzene rings is 2. The summed E-state index contributed by atoms with van der Waals surface area (Å²) in [5, 5.41) is 2.83. The molecule has 0 spiro atoms. The Bertz CT molecular complexity index is 923. The zero-order chi connectivity index (χ0) is 20.5. The molecule has 6 heteroatoms. The molecule has 0 unspecified atom stereocenters. The number of carbonyl (C=O) groups is 3. The summed E-state index contributed by atoms with van der Waals surface area (Å²) < 4.78 is 5.11. The van der Waals surface area contributed by atoms with Crippen LogP contribution in [0.15, 0.2) is 48.5 Å². The van der Waals surface area contributed by atoms with Crippen molar-refractivity contribution in [3.05, 3.63) is 70.8 Å². The Balaban J connectivity index is 2.08. The monoisotopic (exact) mass is 380 g/mol. The topological polar surface area (TPSA) is 75.7 Å². The fourth-order valence-corrected chi connectivity index (χ4v) is 3.37. The van der Waals surface area contributed by atoms with Crippen LogP contribution in [-0.4, -0.2) is 35.5 Å². The smallest absolute Gasteiger partial charge is 0.326 e. The van der Waals surface area contributed by atoms with E-state index in [9.17, 15) is 14.4 Å². The first-order chi connectivity index (χ1) is 13.3. The standard InChI is InChI=1S/C22H24N2O4/c1-14(2)28-19(25)13-24-20(26)22(23-21(24)27,17-8-6-5-7-9-17)18-11-10-15(3)16(4)12-18/h5-12,14H,13H2,1-4H3,(H,23,27)/t22-/m0/s1. The first-order valence-corrected chi connectivity index (χ1v) is 9.22. The van der Waals surface area contributed by atoms with Crippen molar-refractivity contribution in [2.24, 2.45) is 0 Å². The van der Waals surface area contributed by atoms with Crippen molar-refractivity contribution < 1.29 is 19.1 Å². The van der Waals surface area contributed by atoms with Crippen molar-refractivity contribution in [2.45, 2.75) is 39.3 Å². The van der Waals surface area contributed by atoms with E-state index in [1.54, 1.807) is 26.0 Å². The third-order valence-corrected chi connectivity index (χ3v) is 4.91. The summed E-state index contributed by atoms with van der Waals surface area (Å²) in [6, 6.07) is 14.1. The Labute approximate surface area is 164 Å². The average Bonchev–Trinajstić information content (AvgIpc) is 2.89. The molecule has 1 N–H and O–H groups in total. The van der Waals surface area contributed by atoms with E-state index in [0.717, 1.165) is 16.0 Å². The Hall–Kier alpha value is -3.15. The molecule has 0 aromatic heterocycles. The summed E-state index contributed by atoms with van der Waals surface area (Å²) in [4.78, 5) is 39.2. The number of hydrogen-bond donors (Lipinski definition) is 1. The number of carbonyl (C=O) groups excluding carboxylic acids is 3. The molecule has 1 fully saturated rings. The van der Waals surface area contributed by atoms with Gasteiger partial charge in [-0.1, -0.05) is 48.5 Å². The first kappa shape index (κ1) is 19.6. The van der Waals surface area contributed by atoms with Crippen LogP contribution >= 0.6 is 0 Å². The minimum atomic E-state index is -1.38. The van der Waals surface area contributed by atoms with Gasteiger partial charge in [0.2, 0.25) is 0 Å². The summed E-state index contributed by atoms with van der Waals surface area (Å²) in [6.07, 6.45) is -0.327. The van der Waals surface area contributed by atoms with Crippen molar-refractivity contribution in [2.75, 3.05) is 6.54 Å². The second-order valence-corrected chi connectivity index (χ2v) is 7.28. The highest BCUT2D eigenvalue weighted by Gasteiger charge is 2.54. The van der Waals surface area contributed by atoms with Crippen LogP contribution in [0.3, 0.4) is 0 Å². The average molecular weight is 380 g/mol. The summed E-state index contributed by atoms with van der Waals surface area (Å²) in [5.41, 5.74) is 2.00. The van der Waals surface area contributed by atoms with E-state index in [-0.39, 0.29) is 6.10 Å². The van der Waals surface area contributed by atoms with Gasteiger partial charge in [-0.25, -0.2) is 4.79 Å². The van der Waals surface area contributed by atoms with Crippen LogP contribution in [0.25, 0.3) is 0 Å². The van der Waals surface area contributed by atoms with Crippen LogP contribution in [0.1, 0.15) is 36.1 Å². The number of esters is 1. The van der Waals surface area contributed by atoms with Crippen LogP contribution in [0.2, 0.25) is 0 Å². The first-order valence-electron chi connectivity index (χ1n) is 9.22. The lowest BCUT2D eigenvalue weighted by molar-refractivity contribution is -0.150. The third kappa shape index (κ3) is 3.38. The van der Waals surface area contributed by atoms with Crippen LogP contribution in [-0.2, 0) is 19.9 Å². The number of urea groups is 1. The van der Waals surface area contributed by atoms with Crippen molar-refractivity contribution in [1.82, 2.24) is 10.2 Å². The second-order valence-electron chi connectivity index (χ2n) is 7.28. The van der Waals surface area contributed by atoms with Crippen LogP contribution in [0, 0.1) is 13.8 Å². The predicted octanol–water partition coefficient (Wildman–Crippen LogP) is 3.05. The zero-order valence-corrected chi connectivity index (χ0v) is 16.5. The van der Waals surface area contributed by atoms with Gasteiger partial charge < -0.3 is 10.1 Å². The SMILES string of the molecule is Cc1ccc([C@]2(c3ccccc3)NC(=O)N(CC(=O)OC(C)C)C2=O)cc1C. The van der Waals surface area contributed by atoms with Gasteiger partial charge in [0.05, 0.1) is 6.10 Å². The van der Waals surface area contributed by atoms with E-state index < -0.39 is 30.0 Å². The number of aryl methyl sites for hydroxylation is 2. The predicted molar refractivity (Wildman–Crippen MR) is 105 cm³/mol. The fraction of sp³-hybridized carbons (Fsp3) is 0.318. The van der Waals surface area contributed by atoms with Crippen molar-refractivity contribution >= 4 is 17.9 Å². The number of hydrogen-bond acceptors (Lipinski definition) is 4. The molecule has 1 atom stereocenters. The minimum absolute atomic E-state index is 0.327. The lowest BCUT2D eigenvalue weighted by Crippen LogP contribution is -2.45. The fourth-order valence-electron chi connectivity index (χ4n) is 3.37. The Morgan fingerprint density at radius 1 is 1.04 bits per heavy atom. The van der Waals surface area contributed by atoms with Gasteiger partial charge in [0.1, 0.15) is 6.54 Å². The summed E-state index contributed by atoms with van der Waals surface area (Å²) in [6.45, 7) is 6.94. The van der Waals surface area contributed by atoms with E-state index in [2.05, 4.69) is 5.32 Å². The lowest BCUT2D eigenvalue weighted by atomic mass is 9.81. The number of amides is 3. The summed E-state index contributed by atoms with van der Waals surface area (Å²) in [5.74, 6) is -1.12. The molecule has 0 aliphatic carbocycles. The van der Waals surface area contributed by atoms with Crippen LogP contribution < -0.4 is 5.32 Å².